The van der Waals surface area contributed by atoms with Gasteiger partial charge in [0.25, 0.3) is 5.91 Å². The number of carbonyl (C=O) groups excluding carboxylic acids is 2. The first kappa shape index (κ1) is 20.8. The zero-order valence-corrected chi connectivity index (χ0v) is 16.3. The van der Waals surface area contributed by atoms with Crippen LogP contribution in [0.15, 0.2) is 47.5 Å². The van der Waals surface area contributed by atoms with E-state index in [9.17, 15) is 9.59 Å². The molecule has 8 heteroatoms. The second-order valence-electron chi connectivity index (χ2n) is 6.86. The van der Waals surface area contributed by atoms with E-state index < -0.39 is 11.7 Å². The average molecular weight is 384 g/mol. The van der Waals surface area contributed by atoms with Crippen molar-refractivity contribution >= 4 is 35.4 Å². The molecule has 4 N–H and O–H groups in total. The molecule has 0 unspecified atom stereocenters. The maximum absolute atomic E-state index is 12.4. The molecule has 2 aromatic rings. The second-order valence-corrected chi connectivity index (χ2v) is 6.86. The summed E-state index contributed by atoms with van der Waals surface area (Å²) in [6.07, 6.45) is 0.664. The summed E-state index contributed by atoms with van der Waals surface area (Å²) in [5.74, 6) is 0.249. The largest absolute Gasteiger partial charge is 0.497 e. The fraction of sp³-hybridized carbons (Fsp3) is 0.250. The molecule has 0 fully saturated rings. The average Bonchev–Trinajstić information content (AvgIpc) is 2.61. The van der Waals surface area contributed by atoms with E-state index in [-0.39, 0.29) is 5.91 Å². The van der Waals surface area contributed by atoms with E-state index in [4.69, 9.17) is 15.2 Å². The van der Waals surface area contributed by atoms with Gasteiger partial charge in [-0.1, -0.05) is 0 Å². The van der Waals surface area contributed by atoms with Gasteiger partial charge in [0.05, 0.1) is 24.7 Å². The first-order valence-electron chi connectivity index (χ1n) is 8.55. The third-order valence-corrected chi connectivity index (χ3v) is 3.42. The van der Waals surface area contributed by atoms with E-state index in [1.165, 1.54) is 13.4 Å². The van der Waals surface area contributed by atoms with Crippen molar-refractivity contribution in [1.82, 2.24) is 5.32 Å². The number of methoxy groups -OCH3 is 1. The Morgan fingerprint density at radius 1 is 1.11 bits per heavy atom. The van der Waals surface area contributed by atoms with Crippen LogP contribution in [0.2, 0.25) is 0 Å². The number of hydrogen-bond acceptors (Lipinski definition) is 6. The molecule has 148 valence electrons. The van der Waals surface area contributed by atoms with Crippen molar-refractivity contribution in [3.8, 4) is 5.75 Å². The highest BCUT2D eigenvalue weighted by Crippen LogP contribution is 2.22. The van der Waals surface area contributed by atoms with E-state index >= 15 is 0 Å². The van der Waals surface area contributed by atoms with Gasteiger partial charge in [0, 0.05) is 17.4 Å². The van der Waals surface area contributed by atoms with Gasteiger partial charge in [0.2, 0.25) is 0 Å². The number of amides is 2. The zero-order chi connectivity index (χ0) is 20.7. The standard InChI is InChI=1S/C20H24N4O4/c1-20(2,3)28-19(26)23-12-22-13-5-7-14(8-6-13)24-18(25)16-10-9-15(27-4)11-17(16)21/h5-12H,21H2,1-4H3,(H,24,25)(H,22,23,26). The molecule has 0 saturated carbocycles. The number of benzene rings is 2. The molecule has 0 saturated heterocycles. The van der Waals surface area contributed by atoms with E-state index in [1.54, 1.807) is 63.2 Å². The summed E-state index contributed by atoms with van der Waals surface area (Å²) in [5, 5.41) is 5.19. The summed E-state index contributed by atoms with van der Waals surface area (Å²) in [6.45, 7) is 5.32. The van der Waals surface area contributed by atoms with Crippen LogP contribution in [0.3, 0.4) is 0 Å². The Kier molecular flexibility index (Phi) is 6.59. The smallest absolute Gasteiger partial charge is 0.412 e. The van der Waals surface area contributed by atoms with Gasteiger partial charge in [-0.15, -0.1) is 0 Å². The van der Waals surface area contributed by atoms with Gasteiger partial charge in [-0.3, -0.25) is 10.1 Å². The predicted molar refractivity (Wildman–Crippen MR) is 109 cm³/mol. The molecule has 28 heavy (non-hydrogen) atoms. The van der Waals surface area contributed by atoms with Crippen molar-refractivity contribution in [2.75, 3.05) is 18.2 Å². The molecule has 2 amide bonds. The van der Waals surface area contributed by atoms with Crippen LogP contribution in [0.25, 0.3) is 0 Å². The van der Waals surface area contributed by atoms with Crippen LogP contribution in [-0.4, -0.2) is 31.0 Å². The monoisotopic (exact) mass is 384 g/mol. The number of alkyl carbamates (subject to hydrolysis) is 1. The summed E-state index contributed by atoms with van der Waals surface area (Å²) < 4.78 is 10.2. The summed E-state index contributed by atoms with van der Waals surface area (Å²) in [5.41, 5.74) is 7.16. The molecule has 0 aromatic heterocycles. The number of nitrogens with one attached hydrogen (secondary N) is 2. The minimum atomic E-state index is -0.586. The Labute approximate surface area is 163 Å². The minimum Gasteiger partial charge on any atom is -0.497 e. The number of rotatable bonds is 5. The lowest BCUT2D eigenvalue weighted by Crippen LogP contribution is -2.31. The SMILES string of the molecule is COc1ccc(C(=O)Nc2ccc(N=CNC(=O)OC(C)(C)C)cc2)c(N)c1. The van der Waals surface area contributed by atoms with E-state index in [0.717, 1.165) is 0 Å². The highest BCUT2D eigenvalue weighted by atomic mass is 16.6. The molecule has 0 bridgehead atoms. The molecule has 2 rings (SSSR count). The van der Waals surface area contributed by atoms with Gasteiger partial charge in [-0.2, -0.15) is 0 Å². The molecule has 0 aliphatic rings. The number of nitrogen functional groups attached to an aromatic ring is 1. The number of carbonyl (C=O) groups is 2. The van der Waals surface area contributed by atoms with Crippen molar-refractivity contribution in [3.63, 3.8) is 0 Å². The quantitative estimate of drug-likeness (QED) is 0.413. The molecule has 0 atom stereocenters. The highest BCUT2D eigenvalue weighted by molar-refractivity contribution is 6.07. The van der Waals surface area contributed by atoms with E-state index in [1.807, 2.05) is 0 Å². The van der Waals surface area contributed by atoms with Crippen LogP contribution in [0.1, 0.15) is 31.1 Å². The number of ether oxygens (including phenoxy) is 2. The Morgan fingerprint density at radius 3 is 2.36 bits per heavy atom. The highest BCUT2D eigenvalue weighted by Gasteiger charge is 2.15. The molecular weight excluding hydrogens is 360 g/mol. The second kappa shape index (κ2) is 8.90. The predicted octanol–water partition coefficient (Wildman–Crippen LogP) is 3.71. The van der Waals surface area contributed by atoms with Gasteiger partial charge in [-0.25, -0.2) is 9.79 Å². The maximum Gasteiger partial charge on any atom is 0.412 e. The van der Waals surface area contributed by atoms with Crippen molar-refractivity contribution in [2.45, 2.75) is 26.4 Å². The minimum absolute atomic E-state index is 0.325. The van der Waals surface area contributed by atoms with Crippen molar-refractivity contribution in [3.05, 3.63) is 48.0 Å². The molecule has 8 nitrogen and oxygen atoms in total. The van der Waals surface area contributed by atoms with Gasteiger partial charge >= 0.3 is 6.09 Å². The molecule has 0 spiro atoms. The summed E-state index contributed by atoms with van der Waals surface area (Å²) in [4.78, 5) is 28.0. The van der Waals surface area contributed by atoms with Crippen LogP contribution >= 0.6 is 0 Å². The summed E-state index contributed by atoms with van der Waals surface area (Å²) >= 11 is 0. The fourth-order valence-electron chi connectivity index (χ4n) is 2.17. The van der Waals surface area contributed by atoms with Crippen molar-refractivity contribution in [2.24, 2.45) is 4.99 Å². The number of hydrogen-bond donors (Lipinski definition) is 3. The van der Waals surface area contributed by atoms with Crippen LogP contribution in [0, 0.1) is 0 Å². The molecule has 0 heterocycles. The van der Waals surface area contributed by atoms with Crippen LogP contribution in [-0.2, 0) is 4.74 Å². The fourth-order valence-corrected chi connectivity index (χ4v) is 2.17. The maximum atomic E-state index is 12.4. The Bertz CT molecular complexity index is 871. The lowest BCUT2D eigenvalue weighted by Gasteiger charge is -2.18. The number of aliphatic imine (C=N–C) groups is 1. The summed E-state index contributed by atoms with van der Waals surface area (Å²) in [7, 11) is 1.53. The Morgan fingerprint density at radius 2 is 1.79 bits per heavy atom. The Balaban J connectivity index is 1.94. The van der Waals surface area contributed by atoms with Gasteiger partial charge in [0.1, 0.15) is 11.4 Å². The number of nitrogens with two attached hydrogens (primary N) is 1. The first-order valence-corrected chi connectivity index (χ1v) is 8.55. The van der Waals surface area contributed by atoms with Crippen LogP contribution in [0.4, 0.5) is 21.9 Å². The molecule has 2 aromatic carbocycles. The first-order chi connectivity index (χ1) is 13.2. The van der Waals surface area contributed by atoms with Crippen molar-refractivity contribution in [1.29, 1.82) is 0 Å². The van der Waals surface area contributed by atoms with Crippen LogP contribution < -0.4 is 21.1 Å². The summed E-state index contributed by atoms with van der Waals surface area (Å²) in [6, 6.07) is 11.6. The molecule has 0 aliphatic carbocycles. The van der Waals surface area contributed by atoms with Gasteiger partial charge in [-0.05, 0) is 57.2 Å². The zero-order valence-electron chi connectivity index (χ0n) is 16.3. The van der Waals surface area contributed by atoms with E-state index in [2.05, 4.69) is 15.6 Å². The molecule has 0 aliphatic heterocycles. The van der Waals surface area contributed by atoms with Gasteiger partial charge in [0.15, 0.2) is 0 Å². The van der Waals surface area contributed by atoms with Crippen LogP contribution in [0.5, 0.6) is 5.75 Å². The third kappa shape index (κ3) is 6.31. The topological polar surface area (TPSA) is 115 Å². The number of nitrogens with zero attached hydrogens (tertiary/aromatic N) is 1. The third-order valence-electron chi connectivity index (χ3n) is 3.42. The van der Waals surface area contributed by atoms with E-state index in [0.29, 0.717) is 28.4 Å². The lowest BCUT2D eigenvalue weighted by atomic mass is 10.1. The normalized spacial score (nSPS) is 11.1. The molecular formula is C20H24N4O4. The number of anilines is 2. The van der Waals surface area contributed by atoms with Gasteiger partial charge < -0.3 is 20.5 Å². The molecule has 0 radical (unpaired) electrons. The Hall–Kier alpha value is -3.55. The van der Waals surface area contributed by atoms with Crippen molar-refractivity contribution < 1.29 is 19.1 Å². The lowest BCUT2D eigenvalue weighted by molar-refractivity contribution is 0.0565.